The predicted molar refractivity (Wildman–Crippen MR) is 206 cm³/mol. The third-order valence-electron chi connectivity index (χ3n) is 8.87. The molecule has 9 rings (SSSR count). The minimum atomic E-state index is 1.14. The number of benzene rings is 7. The van der Waals surface area contributed by atoms with Crippen LogP contribution in [0.5, 0.6) is 0 Å². The number of fused-ring (bicyclic) bond motifs is 6. The van der Waals surface area contributed by atoms with Gasteiger partial charge in [0.1, 0.15) is 0 Å². The molecule has 0 spiro atoms. The summed E-state index contributed by atoms with van der Waals surface area (Å²) in [5.41, 5.74) is 8.19. The summed E-state index contributed by atoms with van der Waals surface area (Å²) in [5.74, 6) is 0. The predicted octanol–water partition coefficient (Wildman–Crippen LogP) is 13.7. The Morgan fingerprint density at radius 2 is 0.723 bits per heavy atom. The molecule has 0 bridgehead atoms. The highest BCUT2D eigenvalue weighted by atomic mass is 32.1. The van der Waals surface area contributed by atoms with Crippen molar-refractivity contribution >= 4 is 97.1 Å². The Morgan fingerprint density at radius 3 is 1.23 bits per heavy atom. The number of para-hydroxylation sites is 3. The van der Waals surface area contributed by atoms with Gasteiger partial charge in [0.15, 0.2) is 0 Å². The van der Waals surface area contributed by atoms with E-state index in [0.29, 0.717) is 0 Å². The van der Waals surface area contributed by atoms with Gasteiger partial charge in [-0.2, -0.15) is 0 Å². The summed E-state index contributed by atoms with van der Waals surface area (Å²) < 4.78 is 5.22. The molecule has 0 saturated heterocycles. The van der Waals surface area contributed by atoms with Crippen LogP contribution in [0.4, 0.5) is 34.1 Å². The molecule has 0 saturated carbocycles. The third-order valence-corrected chi connectivity index (χ3v) is 11.1. The van der Waals surface area contributed by atoms with Gasteiger partial charge in [0, 0.05) is 74.5 Å². The van der Waals surface area contributed by atoms with Gasteiger partial charge in [-0.25, -0.2) is 0 Å². The van der Waals surface area contributed by atoms with E-state index < -0.39 is 0 Å². The maximum absolute atomic E-state index is 2.39. The monoisotopic (exact) mass is 638 g/mol. The second-order valence-corrected chi connectivity index (χ2v) is 14.1. The first-order valence-corrected chi connectivity index (χ1v) is 17.5. The Balaban J connectivity index is 1.18. The summed E-state index contributed by atoms with van der Waals surface area (Å²) in [5, 5.41) is 5.18. The molecule has 2 aromatic heterocycles. The van der Waals surface area contributed by atoms with E-state index in [1.807, 2.05) is 22.7 Å². The molecule has 47 heavy (non-hydrogen) atoms. The van der Waals surface area contributed by atoms with Gasteiger partial charge < -0.3 is 9.80 Å². The topological polar surface area (TPSA) is 6.48 Å². The molecule has 0 atom stereocenters. The van der Waals surface area contributed by atoms with Crippen LogP contribution in [-0.4, -0.2) is 0 Å². The lowest BCUT2D eigenvalue weighted by Gasteiger charge is -2.26. The summed E-state index contributed by atoms with van der Waals surface area (Å²) in [7, 11) is 0. The van der Waals surface area contributed by atoms with E-state index in [1.54, 1.807) is 0 Å². The van der Waals surface area contributed by atoms with Crippen LogP contribution in [0.3, 0.4) is 0 Å². The average molecular weight is 639 g/mol. The third kappa shape index (κ3) is 4.94. The van der Waals surface area contributed by atoms with Crippen molar-refractivity contribution in [3.63, 3.8) is 0 Å². The van der Waals surface area contributed by atoms with Crippen molar-refractivity contribution in [2.24, 2.45) is 0 Å². The summed E-state index contributed by atoms with van der Waals surface area (Å²) in [6.45, 7) is 2.17. The van der Waals surface area contributed by atoms with E-state index in [9.17, 15) is 0 Å². The van der Waals surface area contributed by atoms with Crippen molar-refractivity contribution in [2.45, 2.75) is 6.92 Å². The summed E-state index contributed by atoms with van der Waals surface area (Å²) in [6.07, 6.45) is 0. The molecule has 0 N–H and O–H groups in total. The van der Waals surface area contributed by atoms with Crippen LogP contribution in [0.25, 0.3) is 40.3 Å². The van der Waals surface area contributed by atoms with Crippen molar-refractivity contribution in [1.29, 1.82) is 0 Å². The molecule has 2 nitrogen and oxygen atoms in total. The van der Waals surface area contributed by atoms with Crippen LogP contribution < -0.4 is 9.80 Å². The summed E-state index contributed by atoms with van der Waals surface area (Å²) >= 11 is 3.73. The molecular weight excluding hydrogens is 609 g/mol. The molecule has 224 valence electrons. The quantitative estimate of drug-likeness (QED) is 0.179. The highest BCUT2D eigenvalue weighted by molar-refractivity contribution is 7.26. The molecule has 0 aliphatic rings. The first kappa shape index (κ1) is 27.9. The van der Waals surface area contributed by atoms with Gasteiger partial charge >= 0.3 is 0 Å². The van der Waals surface area contributed by atoms with Crippen LogP contribution >= 0.6 is 22.7 Å². The smallest absolute Gasteiger partial charge is 0.0476 e. The van der Waals surface area contributed by atoms with Gasteiger partial charge in [-0.05, 0) is 103 Å². The largest absolute Gasteiger partial charge is 0.310 e. The standard InChI is InChI=1S/C43H30N2S2/c1-29-17-21-36-38-27-34(20-24-40(38)46-42(36)25-29)45(32-15-9-4-10-16-32)35-18-22-37-39-26-33(19-23-41(39)47-43(37)28-35)44(30-11-5-2-6-12-30)31-13-7-3-8-14-31/h2-28H,1H3. The molecule has 0 radical (unpaired) electrons. The van der Waals surface area contributed by atoms with E-state index >= 15 is 0 Å². The minimum absolute atomic E-state index is 1.14. The van der Waals surface area contributed by atoms with Crippen molar-refractivity contribution in [1.82, 2.24) is 0 Å². The fourth-order valence-corrected chi connectivity index (χ4v) is 8.97. The molecule has 0 amide bonds. The van der Waals surface area contributed by atoms with Crippen LogP contribution in [0.1, 0.15) is 5.56 Å². The van der Waals surface area contributed by atoms with Crippen molar-refractivity contribution in [3.05, 3.63) is 169 Å². The molecule has 7 aromatic carbocycles. The fraction of sp³-hybridized carbons (Fsp3) is 0.0233. The Labute approximate surface area is 282 Å². The Morgan fingerprint density at radius 1 is 0.319 bits per heavy atom. The molecule has 2 heterocycles. The normalized spacial score (nSPS) is 11.5. The number of hydrogen-bond donors (Lipinski definition) is 0. The molecule has 4 heteroatoms. The first-order valence-electron chi connectivity index (χ1n) is 15.8. The van der Waals surface area contributed by atoms with Crippen molar-refractivity contribution in [2.75, 3.05) is 9.80 Å². The summed E-state index contributed by atoms with van der Waals surface area (Å²) in [4.78, 5) is 4.72. The van der Waals surface area contributed by atoms with Gasteiger partial charge in [0.25, 0.3) is 0 Å². The molecule has 9 aromatic rings. The molecule has 0 unspecified atom stereocenters. The molecule has 0 aliphatic heterocycles. The summed E-state index contributed by atoms with van der Waals surface area (Å²) in [6, 6.07) is 59.5. The lowest BCUT2D eigenvalue weighted by Crippen LogP contribution is -2.09. The second kappa shape index (κ2) is 11.4. The second-order valence-electron chi connectivity index (χ2n) is 11.9. The lowest BCUT2D eigenvalue weighted by atomic mass is 10.1. The van der Waals surface area contributed by atoms with E-state index in [0.717, 1.165) is 34.1 Å². The Bertz CT molecular complexity index is 2490. The van der Waals surface area contributed by atoms with Gasteiger partial charge in [-0.3, -0.25) is 0 Å². The van der Waals surface area contributed by atoms with Gasteiger partial charge in [-0.1, -0.05) is 72.8 Å². The van der Waals surface area contributed by atoms with Gasteiger partial charge in [-0.15, -0.1) is 22.7 Å². The average Bonchev–Trinajstić information content (AvgIpc) is 3.66. The van der Waals surface area contributed by atoms with E-state index in [2.05, 4.69) is 181 Å². The van der Waals surface area contributed by atoms with Gasteiger partial charge in [0.2, 0.25) is 0 Å². The zero-order chi connectivity index (χ0) is 31.3. The van der Waals surface area contributed by atoms with Crippen molar-refractivity contribution < 1.29 is 0 Å². The van der Waals surface area contributed by atoms with Crippen LogP contribution in [0, 0.1) is 6.92 Å². The maximum Gasteiger partial charge on any atom is 0.0476 e. The van der Waals surface area contributed by atoms with E-state index in [4.69, 9.17) is 0 Å². The number of nitrogens with zero attached hydrogens (tertiary/aromatic N) is 2. The zero-order valence-electron chi connectivity index (χ0n) is 25.8. The van der Waals surface area contributed by atoms with Gasteiger partial charge in [0.05, 0.1) is 0 Å². The number of anilines is 6. The molecule has 0 fully saturated rings. The van der Waals surface area contributed by atoms with Crippen LogP contribution in [-0.2, 0) is 0 Å². The van der Waals surface area contributed by atoms with E-state index in [1.165, 1.54) is 45.9 Å². The minimum Gasteiger partial charge on any atom is -0.310 e. The van der Waals surface area contributed by atoms with Crippen LogP contribution in [0.15, 0.2) is 164 Å². The zero-order valence-corrected chi connectivity index (χ0v) is 27.4. The van der Waals surface area contributed by atoms with Crippen LogP contribution in [0.2, 0.25) is 0 Å². The highest BCUT2D eigenvalue weighted by Gasteiger charge is 2.18. The molecule has 0 aliphatic carbocycles. The maximum atomic E-state index is 2.39. The number of thiophene rings is 2. The number of hydrogen-bond acceptors (Lipinski definition) is 4. The lowest BCUT2D eigenvalue weighted by molar-refractivity contribution is 1.29. The highest BCUT2D eigenvalue weighted by Crippen LogP contribution is 2.44. The van der Waals surface area contributed by atoms with E-state index in [-0.39, 0.29) is 0 Å². The number of aryl methyl sites for hydroxylation is 1. The Kier molecular flexibility index (Phi) is 6.77. The Hall–Kier alpha value is -5.42. The first-order chi connectivity index (χ1) is 23.2. The van der Waals surface area contributed by atoms with Crippen molar-refractivity contribution in [3.8, 4) is 0 Å². The number of rotatable bonds is 6. The SMILES string of the molecule is Cc1ccc2c(c1)sc1ccc(N(c3ccccc3)c3ccc4c(c3)sc3ccc(N(c5ccccc5)c5ccccc5)cc34)cc12. The molecular formula is C43H30N2S2. The fourth-order valence-electron chi connectivity index (χ4n) is 6.67.